The van der Waals surface area contributed by atoms with Crippen LogP contribution >= 0.6 is 50.9 Å². The van der Waals surface area contributed by atoms with Gasteiger partial charge in [0.1, 0.15) is 0 Å². The maximum Gasteiger partial charge on any atom is 0.250 e. The third-order valence-electron chi connectivity index (χ3n) is 4.64. The van der Waals surface area contributed by atoms with Crippen molar-refractivity contribution in [2.75, 3.05) is 5.75 Å². The summed E-state index contributed by atoms with van der Waals surface area (Å²) in [5.41, 5.74) is 5.49. The molecule has 2 aromatic heterocycles. The molecule has 4 aromatic rings. The maximum absolute atomic E-state index is 12.5. The van der Waals surface area contributed by atoms with E-state index in [1.54, 1.807) is 37.5 Å². The second kappa shape index (κ2) is 11.1. The van der Waals surface area contributed by atoms with Crippen molar-refractivity contribution in [3.63, 3.8) is 0 Å². The van der Waals surface area contributed by atoms with Gasteiger partial charge in [-0.25, -0.2) is 5.43 Å². The molecule has 1 N–H and O–H groups in total. The van der Waals surface area contributed by atoms with E-state index < -0.39 is 0 Å². The van der Waals surface area contributed by atoms with Gasteiger partial charge in [0, 0.05) is 38.7 Å². The van der Waals surface area contributed by atoms with Gasteiger partial charge < -0.3 is 0 Å². The zero-order valence-corrected chi connectivity index (χ0v) is 21.7. The highest BCUT2D eigenvalue weighted by Gasteiger charge is 2.17. The normalized spacial score (nSPS) is 11.5. The summed E-state index contributed by atoms with van der Waals surface area (Å²) in [6, 6.07) is 16.6. The zero-order valence-electron chi connectivity index (χ0n) is 17.7. The molecule has 4 rings (SSSR count). The SMILES string of the molecule is CC(=NNC(=O)CSc1nnc(-c2cccnc2)n1-c1ccc(Br)cc1)c1ccc(Cl)cc1Cl. The van der Waals surface area contributed by atoms with Crippen LogP contribution in [0.1, 0.15) is 12.5 Å². The number of nitrogens with zero attached hydrogens (tertiary/aromatic N) is 5. The monoisotopic (exact) mass is 574 g/mol. The highest BCUT2D eigenvalue weighted by atomic mass is 79.9. The smallest absolute Gasteiger partial charge is 0.250 e. The molecule has 0 aliphatic rings. The van der Waals surface area contributed by atoms with E-state index in [1.165, 1.54) is 11.8 Å². The van der Waals surface area contributed by atoms with Gasteiger partial charge in [-0.1, -0.05) is 57.0 Å². The summed E-state index contributed by atoms with van der Waals surface area (Å²) in [6.07, 6.45) is 3.42. The Hall–Kier alpha value is -2.72. The molecule has 0 bridgehead atoms. The van der Waals surface area contributed by atoms with Gasteiger partial charge in [0.2, 0.25) is 0 Å². The van der Waals surface area contributed by atoms with Crippen LogP contribution in [0, 0.1) is 0 Å². The van der Waals surface area contributed by atoms with Gasteiger partial charge in [-0.2, -0.15) is 5.10 Å². The second-order valence-corrected chi connectivity index (χ2v) is 9.71. The highest BCUT2D eigenvalue weighted by molar-refractivity contribution is 9.10. The Balaban J connectivity index is 1.52. The zero-order chi connectivity index (χ0) is 24.1. The quantitative estimate of drug-likeness (QED) is 0.165. The van der Waals surface area contributed by atoms with Gasteiger partial charge in [0.25, 0.3) is 5.91 Å². The molecule has 0 atom stereocenters. The van der Waals surface area contributed by atoms with Crippen LogP contribution in [0.3, 0.4) is 0 Å². The molecular weight excluding hydrogens is 559 g/mol. The van der Waals surface area contributed by atoms with E-state index in [2.05, 4.69) is 41.6 Å². The Morgan fingerprint density at radius 3 is 2.65 bits per heavy atom. The molecule has 0 spiro atoms. The first-order valence-corrected chi connectivity index (χ1v) is 12.5. The van der Waals surface area contributed by atoms with Crippen LogP contribution in [0.25, 0.3) is 17.1 Å². The number of hydrogen-bond acceptors (Lipinski definition) is 6. The predicted octanol–water partition coefficient (Wildman–Crippen LogP) is 6.03. The molecule has 2 heterocycles. The highest BCUT2D eigenvalue weighted by Crippen LogP contribution is 2.28. The number of hydrogen-bond donors (Lipinski definition) is 1. The molecule has 2 aromatic carbocycles. The molecule has 0 saturated heterocycles. The minimum Gasteiger partial charge on any atom is -0.272 e. The number of aromatic nitrogens is 4. The average molecular weight is 576 g/mol. The first-order valence-electron chi connectivity index (χ1n) is 9.95. The summed E-state index contributed by atoms with van der Waals surface area (Å²) in [5.74, 6) is 0.430. The van der Waals surface area contributed by atoms with Crippen molar-refractivity contribution in [3.8, 4) is 17.1 Å². The minimum atomic E-state index is -0.289. The maximum atomic E-state index is 12.5. The number of benzene rings is 2. The molecule has 172 valence electrons. The fraction of sp³-hybridized carbons (Fsp3) is 0.0870. The molecule has 0 fully saturated rings. The topological polar surface area (TPSA) is 85.1 Å². The Labute approximate surface area is 218 Å². The van der Waals surface area contributed by atoms with E-state index in [9.17, 15) is 4.79 Å². The molecule has 0 aliphatic heterocycles. The lowest BCUT2D eigenvalue weighted by Gasteiger charge is -2.10. The van der Waals surface area contributed by atoms with Crippen LogP contribution in [0.15, 0.2) is 81.7 Å². The first-order chi connectivity index (χ1) is 16.4. The number of hydrazone groups is 1. The molecule has 7 nitrogen and oxygen atoms in total. The van der Waals surface area contributed by atoms with Crippen molar-refractivity contribution in [1.82, 2.24) is 25.2 Å². The Morgan fingerprint density at radius 2 is 1.94 bits per heavy atom. The molecule has 0 saturated carbocycles. The van der Waals surface area contributed by atoms with Crippen LogP contribution in [0.5, 0.6) is 0 Å². The average Bonchev–Trinajstić information content (AvgIpc) is 3.26. The Bertz CT molecular complexity index is 1350. The van der Waals surface area contributed by atoms with Crippen molar-refractivity contribution < 1.29 is 4.79 Å². The molecular formula is C23H17BrCl2N6OS. The molecule has 1 amide bonds. The number of carbonyl (C=O) groups is 1. The van der Waals surface area contributed by atoms with Crippen molar-refractivity contribution in [1.29, 1.82) is 0 Å². The van der Waals surface area contributed by atoms with Crippen molar-refractivity contribution in [3.05, 3.63) is 87.1 Å². The van der Waals surface area contributed by atoms with E-state index in [0.29, 0.717) is 32.3 Å². The lowest BCUT2D eigenvalue weighted by molar-refractivity contribution is -0.118. The van der Waals surface area contributed by atoms with Gasteiger partial charge >= 0.3 is 0 Å². The van der Waals surface area contributed by atoms with Gasteiger partial charge in [0.05, 0.1) is 16.5 Å². The third kappa shape index (κ3) is 5.85. The Kier molecular flexibility index (Phi) is 7.99. The molecule has 0 unspecified atom stereocenters. The molecule has 0 radical (unpaired) electrons. The van der Waals surface area contributed by atoms with Crippen LogP contribution in [-0.2, 0) is 4.79 Å². The molecule has 0 aliphatic carbocycles. The minimum absolute atomic E-state index is 0.0901. The van der Waals surface area contributed by atoms with Crippen molar-refractivity contribution in [2.24, 2.45) is 5.10 Å². The van der Waals surface area contributed by atoms with Gasteiger partial charge in [0.15, 0.2) is 11.0 Å². The molecule has 11 heteroatoms. The summed E-state index contributed by atoms with van der Waals surface area (Å²) in [4.78, 5) is 16.7. The fourth-order valence-corrected chi connectivity index (χ4v) is 4.57. The summed E-state index contributed by atoms with van der Waals surface area (Å²) in [7, 11) is 0. The number of thioether (sulfide) groups is 1. The number of rotatable bonds is 7. The first kappa shape index (κ1) is 24.4. The summed E-state index contributed by atoms with van der Waals surface area (Å²) in [5, 5.41) is 14.4. The lowest BCUT2D eigenvalue weighted by Crippen LogP contribution is -2.21. The van der Waals surface area contributed by atoms with Crippen molar-refractivity contribution >= 4 is 62.5 Å². The second-order valence-electron chi connectivity index (χ2n) is 7.00. The van der Waals surface area contributed by atoms with Gasteiger partial charge in [-0.3, -0.25) is 14.3 Å². The number of nitrogens with one attached hydrogen (secondary N) is 1. The summed E-state index contributed by atoms with van der Waals surface area (Å²) >= 11 is 16.9. The lowest BCUT2D eigenvalue weighted by atomic mass is 10.1. The van der Waals surface area contributed by atoms with Gasteiger partial charge in [-0.05, 0) is 55.5 Å². The molecule has 34 heavy (non-hydrogen) atoms. The van der Waals surface area contributed by atoms with E-state index in [1.807, 2.05) is 41.0 Å². The fourth-order valence-electron chi connectivity index (χ4n) is 3.02. The van der Waals surface area contributed by atoms with E-state index in [-0.39, 0.29) is 11.7 Å². The predicted molar refractivity (Wildman–Crippen MR) is 140 cm³/mol. The largest absolute Gasteiger partial charge is 0.272 e. The summed E-state index contributed by atoms with van der Waals surface area (Å²) in [6.45, 7) is 1.76. The summed E-state index contributed by atoms with van der Waals surface area (Å²) < 4.78 is 2.85. The number of amides is 1. The van der Waals surface area contributed by atoms with Gasteiger partial charge in [-0.15, -0.1) is 10.2 Å². The third-order valence-corrected chi connectivity index (χ3v) is 6.64. The van der Waals surface area contributed by atoms with E-state index in [4.69, 9.17) is 23.2 Å². The number of pyridine rings is 1. The standard InChI is InChI=1S/C23H17BrCl2N6OS/c1-14(19-9-6-17(25)11-20(19)26)28-29-21(33)13-34-23-31-30-22(15-3-2-10-27-12-15)32(23)18-7-4-16(24)5-8-18/h2-12H,13H2,1H3,(H,29,33). The van der Waals surface area contributed by atoms with Crippen LogP contribution in [0.4, 0.5) is 0 Å². The van der Waals surface area contributed by atoms with Crippen molar-refractivity contribution in [2.45, 2.75) is 12.1 Å². The Morgan fingerprint density at radius 1 is 1.15 bits per heavy atom. The number of carbonyl (C=O) groups excluding carboxylic acids is 1. The van der Waals surface area contributed by atoms with E-state index >= 15 is 0 Å². The van der Waals surface area contributed by atoms with Crippen LogP contribution < -0.4 is 5.43 Å². The van der Waals surface area contributed by atoms with Crippen LogP contribution in [-0.4, -0.2) is 37.1 Å². The van der Waals surface area contributed by atoms with Crippen LogP contribution in [0.2, 0.25) is 10.0 Å². The van der Waals surface area contributed by atoms with E-state index in [0.717, 1.165) is 15.7 Å². The number of halogens is 3.